The van der Waals surface area contributed by atoms with Gasteiger partial charge in [0.25, 0.3) is 0 Å². The third-order valence-corrected chi connectivity index (χ3v) is 3.97. The highest BCUT2D eigenvalue weighted by molar-refractivity contribution is 7.84. The smallest absolute Gasteiger partial charge is 0.327 e. The Labute approximate surface area is 124 Å². The van der Waals surface area contributed by atoms with Crippen LogP contribution in [0.3, 0.4) is 0 Å². The molecule has 0 heterocycles. The van der Waals surface area contributed by atoms with Gasteiger partial charge in [-0.1, -0.05) is 18.2 Å². The maximum Gasteiger partial charge on any atom is 0.327 e. The molecule has 0 radical (unpaired) electrons. The van der Waals surface area contributed by atoms with Gasteiger partial charge in [-0.15, -0.1) is 0 Å². The van der Waals surface area contributed by atoms with Crippen LogP contribution < -0.4 is 11.1 Å². The minimum Gasteiger partial charge on any atom is -0.480 e. The SMILES string of the molecule is CC(=O)N[C@@H](CS(=O)Cc1ccccc1C(N)=O)C(=O)O. The van der Waals surface area contributed by atoms with Crippen molar-refractivity contribution in [1.29, 1.82) is 0 Å². The molecular weight excluding hydrogens is 296 g/mol. The lowest BCUT2D eigenvalue weighted by Gasteiger charge is -2.13. The predicted octanol–water partition coefficient (Wildman–Crippen LogP) is -0.377. The highest BCUT2D eigenvalue weighted by Crippen LogP contribution is 2.11. The Morgan fingerprint density at radius 2 is 1.95 bits per heavy atom. The minimum absolute atomic E-state index is 0.0114. The van der Waals surface area contributed by atoms with E-state index in [1.54, 1.807) is 18.2 Å². The average molecular weight is 312 g/mol. The third kappa shape index (κ3) is 5.35. The van der Waals surface area contributed by atoms with Crippen LogP contribution in [0.1, 0.15) is 22.8 Å². The summed E-state index contributed by atoms with van der Waals surface area (Å²) in [5, 5.41) is 11.2. The second-order valence-corrected chi connectivity index (χ2v) is 5.87. The van der Waals surface area contributed by atoms with E-state index >= 15 is 0 Å². The number of rotatable bonds is 7. The van der Waals surface area contributed by atoms with Crippen LogP contribution in [0.25, 0.3) is 0 Å². The fraction of sp³-hybridized carbons (Fsp3) is 0.308. The molecule has 0 aliphatic heterocycles. The summed E-state index contributed by atoms with van der Waals surface area (Å²) in [5.74, 6) is -2.68. The van der Waals surface area contributed by atoms with Crippen molar-refractivity contribution in [3.63, 3.8) is 0 Å². The lowest BCUT2D eigenvalue weighted by molar-refractivity contribution is -0.140. The standard InChI is InChI=1S/C13H16N2O5S/c1-8(16)15-11(13(18)19)7-21(20)6-9-4-2-3-5-10(9)12(14)17/h2-5,11H,6-7H2,1H3,(H2,14,17)(H,15,16)(H,18,19)/t11-,21?/m0/s1. The number of primary amides is 1. The summed E-state index contributed by atoms with van der Waals surface area (Å²) in [7, 11) is -1.57. The minimum atomic E-state index is -1.57. The molecule has 2 atom stereocenters. The number of benzene rings is 1. The molecule has 1 aromatic rings. The Kier molecular flexibility index (Phi) is 6.04. The van der Waals surface area contributed by atoms with Crippen molar-refractivity contribution in [2.45, 2.75) is 18.7 Å². The van der Waals surface area contributed by atoms with E-state index in [0.29, 0.717) is 5.56 Å². The molecule has 0 saturated heterocycles. The summed E-state index contributed by atoms with van der Waals surface area (Å²) in [4.78, 5) is 33.1. The van der Waals surface area contributed by atoms with E-state index in [1.807, 2.05) is 0 Å². The number of carboxylic acid groups (broad SMARTS) is 1. The maximum absolute atomic E-state index is 12.0. The molecule has 1 unspecified atom stereocenters. The second kappa shape index (κ2) is 7.53. The molecule has 0 saturated carbocycles. The molecule has 4 N–H and O–H groups in total. The van der Waals surface area contributed by atoms with Gasteiger partial charge in [-0.2, -0.15) is 0 Å². The Bertz CT molecular complexity index is 588. The molecule has 1 aromatic carbocycles. The molecule has 2 amide bonds. The molecule has 0 spiro atoms. The van der Waals surface area contributed by atoms with Gasteiger partial charge in [-0.05, 0) is 11.6 Å². The van der Waals surface area contributed by atoms with Crippen LogP contribution in [0.15, 0.2) is 24.3 Å². The highest BCUT2D eigenvalue weighted by Gasteiger charge is 2.22. The molecule has 114 valence electrons. The first-order valence-electron chi connectivity index (χ1n) is 6.04. The number of nitrogens with one attached hydrogen (secondary N) is 1. The lowest BCUT2D eigenvalue weighted by atomic mass is 10.1. The fourth-order valence-electron chi connectivity index (χ4n) is 1.72. The van der Waals surface area contributed by atoms with E-state index in [2.05, 4.69) is 5.32 Å². The van der Waals surface area contributed by atoms with Gasteiger partial charge in [0, 0.05) is 29.0 Å². The number of hydrogen-bond donors (Lipinski definition) is 3. The number of aliphatic carboxylic acids is 1. The van der Waals surface area contributed by atoms with E-state index in [9.17, 15) is 18.6 Å². The van der Waals surface area contributed by atoms with Gasteiger partial charge in [0.1, 0.15) is 6.04 Å². The van der Waals surface area contributed by atoms with Crippen molar-refractivity contribution >= 4 is 28.6 Å². The average Bonchev–Trinajstić information content (AvgIpc) is 2.37. The number of carbonyl (C=O) groups excluding carboxylic acids is 2. The van der Waals surface area contributed by atoms with Crippen molar-refractivity contribution in [3.05, 3.63) is 35.4 Å². The van der Waals surface area contributed by atoms with Crippen LogP contribution in [-0.4, -0.2) is 38.9 Å². The van der Waals surface area contributed by atoms with Gasteiger partial charge < -0.3 is 16.2 Å². The van der Waals surface area contributed by atoms with E-state index < -0.39 is 34.6 Å². The van der Waals surface area contributed by atoms with Gasteiger partial charge in [0.2, 0.25) is 11.8 Å². The monoisotopic (exact) mass is 312 g/mol. The van der Waals surface area contributed by atoms with E-state index in [4.69, 9.17) is 10.8 Å². The van der Waals surface area contributed by atoms with Crippen molar-refractivity contribution in [1.82, 2.24) is 5.32 Å². The molecule has 8 heteroatoms. The van der Waals surface area contributed by atoms with Crippen molar-refractivity contribution in [3.8, 4) is 0 Å². The molecule has 0 fully saturated rings. The number of hydrogen-bond acceptors (Lipinski definition) is 4. The van der Waals surface area contributed by atoms with Gasteiger partial charge in [0.05, 0.1) is 5.75 Å². The number of amides is 2. The third-order valence-electron chi connectivity index (χ3n) is 2.63. The number of nitrogens with two attached hydrogens (primary N) is 1. The largest absolute Gasteiger partial charge is 0.480 e. The predicted molar refractivity (Wildman–Crippen MR) is 76.9 cm³/mol. The van der Waals surface area contributed by atoms with Crippen molar-refractivity contribution < 1.29 is 23.7 Å². The zero-order valence-electron chi connectivity index (χ0n) is 11.4. The van der Waals surface area contributed by atoms with Gasteiger partial charge in [-0.3, -0.25) is 13.8 Å². The molecule has 21 heavy (non-hydrogen) atoms. The fourth-order valence-corrected chi connectivity index (χ4v) is 3.04. The summed E-state index contributed by atoms with van der Waals surface area (Å²) in [5.41, 5.74) is 5.95. The quantitative estimate of drug-likeness (QED) is 0.633. The summed E-state index contributed by atoms with van der Waals surface area (Å²) >= 11 is 0. The first-order valence-corrected chi connectivity index (χ1v) is 7.52. The van der Waals surface area contributed by atoms with Gasteiger partial charge in [0.15, 0.2) is 0 Å². The van der Waals surface area contributed by atoms with Crippen LogP contribution in [0.4, 0.5) is 0 Å². The van der Waals surface area contributed by atoms with E-state index in [0.717, 1.165) is 0 Å². The lowest BCUT2D eigenvalue weighted by Crippen LogP contribution is -2.43. The highest BCUT2D eigenvalue weighted by atomic mass is 32.2. The summed E-state index contributed by atoms with van der Waals surface area (Å²) in [6.45, 7) is 1.18. The van der Waals surface area contributed by atoms with Gasteiger partial charge >= 0.3 is 5.97 Å². The normalized spacial score (nSPS) is 13.2. The zero-order valence-corrected chi connectivity index (χ0v) is 12.2. The van der Waals surface area contributed by atoms with Crippen LogP contribution in [-0.2, 0) is 26.1 Å². The van der Waals surface area contributed by atoms with Crippen LogP contribution >= 0.6 is 0 Å². The van der Waals surface area contributed by atoms with Crippen molar-refractivity contribution in [2.24, 2.45) is 5.73 Å². The first-order chi connectivity index (χ1) is 9.81. The van der Waals surface area contributed by atoms with Crippen molar-refractivity contribution in [2.75, 3.05) is 5.75 Å². The first kappa shape index (κ1) is 16.8. The molecular formula is C13H16N2O5S. The molecule has 0 aromatic heterocycles. The Morgan fingerprint density at radius 3 is 2.48 bits per heavy atom. The zero-order chi connectivity index (χ0) is 16.0. The van der Waals surface area contributed by atoms with Gasteiger partial charge in [-0.25, -0.2) is 4.79 Å². The molecule has 0 aliphatic rings. The Balaban J connectivity index is 2.79. The summed E-state index contributed by atoms with van der Waals surface area (Å²) in [6, 6.07) is 5.18. The van der Waals surface area contributed by atoms with Crippen LogP contribution in [0.5, 0.6) is 0 Å². The molecule has 1 rings (SSSR count). The number of carboxylic acids is 1. The number of carbonyl (C=O) groups is 3. The molecule has 0 bridgehead atoms. The topological polar surface area (TPSA) is 127 Å². The molecule has 0 aliphatic carbocycles. The van der Waals surface area contributed by atoms with E-state index in [-0.39, 0.29) is 17.1 Å². The molecule has 7 nitrogen and oxygen atoms in total. The Hall–Kier alpha value is -2.22. The maximum atomic E-state index is 12.0. The summed E-state index contributed by atoms with van der Waals surface area (Å²) in [6.07, 6.45) is 0. The summed E-state index contributed by atoms with van der Waals surface area (Å²) < 4.78 is 12.0. The van der Waals surface area contributed by atoms with Crippen LogP contribution in [0, 0.1) is 0 Å². The Morgan fingerprint density at radius 1 is 1.33 bits per heavy atom. The second-order valence-electron chi connectivity index (χ2n) is 4.36. The van der Waals surface area contributed by atoms with E-state index in [1.165, 1.54) is 13.0 Å². The van der Waals surface area contributed by atoms with Crippen LogP contribution in [0.2, 0.25) is 0 Å².